The quantitative estimate of drug-likeness (QED) is 0.711. The fourth-order valence-electron chi connectivity index (χ4n) is 4.02. The van der Waals surface area contributed by atoms with E-state index in [1.807, 2.05) is 12.1 Å². The summed E-state index contributed by atoms with van der Waals surface area (Å²) in [5, 5.41) is 8.17. The number of hydrogen-bond acceptors (Lipinski definition) is 6. The standard InChI is InChI=1S/C18H21N7/c1-2-5-15-14(4-1)18(20-12-19-15)24-10-8-23(9-11-24)17-7-3-6-16-22-21-13-25(16)17/h3,6-7,12-13H,1-2,4-5,8-11H2. The third kappa shape index (κ3) is 2.50. The Balaban J connectivity index is 1.38. The second-order valence-corrected chi connectivity index (χ2v) is 6.75. The lowest BCUT2D eigenvalue weighted by Crippen LogP contribution is -2.47. The largest absolute Gasteiger partial charge is 0.354 e. The SMILES string of the molecule is c1cc(N2CCN(c3ncnc4c3CCCC4)CC2)n2cnnc2c1. The van der Waals surface area contributed by atoms with Crippen molar-refractivity contribution in [2.24, 2.45) is 0 Å². The van der Waals surface area contributed by atoms with E-state index in [9.17, 15) is 0 Å². The monoisotopic (exact) mass is 335 g/mol. The van der Waals surface area contributed by atoms with Crippen LogP contribution in [0.2, 0.25) is 0 Å². The summed E-state index contributed by atoms with van der Waals surface area (Å²) in [6.07, 6.45) is 8.25. The minimum absolute atomic E-state index is 0.893. The normalized spacial score (nSPS) is 17.8. The lowest BCUT2D eigenvalue weighted by molar-refractivity contribution is 0.618. The Morgan fingerprint density at radius 3 is 2.64 bits per heavy atom. The van der Waals surface area contributed by atoms with E-state index in [4.69, 9.17) is 0 Å². The molecule has 0 radical (unpaired) electrons. The van der Waals surface area contributed by atoms with Crippen LogP contribution in [0.4, 0.5) is 11.6 Å². The van der Waals surface area contributed by atoms with Crippen LogP contribution in [0.25, 0.3) is 5.65 Å². The van der Waals surface area contributed by atoms with E-state index in [-0.39, 0.29) is 0 Å². The van der Waals surface area contributed by atoms with Crippen molar-refractivity contribution in [1.82, 2.24) is 24.6 Å². The zero-order valence-corrected chi connectivity index (χ0v) is 14.2. The number of aromatic nitrogens is 5. The van der Waals surface area contributed by atoms with Crippen LogP contribution in [0.15, 0.2) is 30.9 Å². The average molecular weight is 335 g/mol. The third-order valence-electron chi connectivity index (χ3n) is 5.32. The molecule has 1 aliphatic heterocycles. The third-order valence-corrected chi connectivity index (χ3v) is 5.32. The molecule has 0 bridgehead atoms. The van der Waals surface area contributed by atoms with Gasteiger partial charge < -0.3 is 9.80 Å². The maximum absolute atomic E-state index is 4.63. The van der Waals surface area contributed by atoms with Crippen LogP contribution >= 0.6 is 0 Å². The van der Waals surface area contributed by atoms with Crippen molar-refractivity contribution in [3.8, 4) is 0 Å². The first-order chi connectivity index (χ1) is 12.4. The molecule has 0 spiro atoms. The summed E-state index contributed by atoms with van der Waals surface area (Å²) in [6, 6.07) is 6.17. The summed E-state index contributed by atoms with van der Waals surface area (Å²) in [6.45, 7) is 3.88. The molecule has 0 N–H and O–H groups in total. The minimum atomic E-state index is 0.893. The molecule has 0 atom stereocenters. The van der Waals surface area contributed by atoms with Gasteiger partial charge in [-0.25, -0.2) is 9.97 Å². The van der Waals surface area contributed by atoms with Crippen LogP contribution in [0.5, 0.6) is 0 Å². The molecular formula is C18H21N7. The van der Waals surface area contributed by atoms with Crippen LogP contribution in [0.1, 0.15) is 24.1 Å². The van der Waals surface area contributed by atoms with Crippen LogP contribution in [-0.4, -0.2) is 50.7 Å². The molecule has 0 saturated carbocycles. The van der Waals surface area contributed by atoms with Gasteiger partial charge in [0.25, 0.3) is 0 Å². The number of nitrogens with zero attached hydrogens (tertiary/aromatic N) is 7. The Hall–Kier alpha value is -2.70. The Morgan fingerprint density at radius 1 is 0.880 bits per heavy atom. The predicted octanol–water partition coefficient (Wildman–Crippen LogP) is 1.72. The number of aryl methyl sites for hydroxylation is 1. The predicted molar refractivity (Wildman–Crippen MR) is 96.1 cm³/mol. The lowest BCUT2D eigenvalue weighted by Gasteiger charge is -2.37. The van der Waals surface area contributed by atoms with Crippen molar-refractivity contribution in [2.45, 2.75) is 25.7 Å². The maximum atomic E-state index is 4.63. The molecule has 0 aromatic carbocycles. The van der Waals surface area contributed by atoms with Crippen LogP contribution < -0.4 is 9.80 Å². The molecule has 7 heteroatoms. The maximum Gasteiger partial charge on any atom is 0.162 e. The second-order valence-electron chi connectivity index (χ2n) is 6.75. The Morgan fingerprint density at radius 2 is 1.72 bits per heavy atom. The number of fused-ring (bicyclic) bond motifs is 2. The first-order valence-electron chi connectivity index (χ1n) is 9.01. The molecule has 1 fully saturated rings. The van der Waals surface area contributed by atoms with E-state index >= 15 is 0 Å². The van der Waals surface area contributed by atoms with Gasteiger partial charge in [-0.3, -0.25) is 4.40 Å². The molecule has 0 amide bonds. The number of hydrogen-bond donors (Lipinski definition) is 0. The molecule has 3 aromatic heterocycles. The molecule has 2 aliphatic rings. The van der Waals surface area contributed by atoms with Crippen LogP contribution in [0, 0.1) is 0 Å². The number of piperazine rings is 1. The smallest absolute Gasteiger partial charge is 0.162 e. The van der Waals surface area contributed by atoms with E-state index < -0.39 is 0 Å². The van der Waals surface area contributed by atoms with Crippen molar-refractivity contribution in [3.05, 3.63) is 42.1 Å². The van der Waals surface area contributed by atoms with Crippen LogP contribution in [-0.2, 0) is 12.8 Å². The van der Waals surface area contributed by atoms with E-state index in [0.29, 0.717) is 0 Å². The summed E-state index contributed by atoms with van der Waals surface area (Å²) in [5.41, 5.74) is 3.53. The Bertz CT molecular complexity index is 895. The number of pyridine rings is 1. The van der Waals surface area contributed by atoms with Crippen molar-refractivity contribution < 1.29 is 0 Å². The minimum Gasteiger partial charge on any atom is -0.354 e. The highest BCUT2D eigenvalue weighted by Gasteiger charge is 2.24. The highest BCUT2D eigenvalue weighted by atomic mass is 15.3. The van der Waals surface area contributed by atoms with Gasteiger partial charge in [0.1, 0.15) is 24.3 Å². The van der Waals surface area contributed by atoms with Gasteiger partial charge in [0.05, 0.1) is 0 Å². The van der Waals surface area contributed by atoms with Gasteiger partial charge >= 0.3 is 0 Å². The first kappa shape index (κ1) is 14.6. The Kier molecular flexibility index (Phi) is 3.50. The van der Waals surface area contributed by atoms with Gasteiger partial charge in [0.2, 0.25) is 0 Å². The lowest BCUT2D eigenvalue weighted by atomic mass is 9.96. The average Bonchev–Trinajstić information content (AvgIpc) is 3.17. The van der Waals surface area contributed by atoms with Crippen LogP contribution in [0.3, 0.4) is 0 Å². The van der Waals surface area contributed by atoms with E-state index in [2.05, 4.69) is 40.4 Å². The first-order valence-corrected chi connectivity index (χ1v) is 9.01. The van der Waals surface area contributed by atoms with E-state index in [0.717, 1.165) is 56.3 Å². The van der Waals surface area contributed by atoms with Crippen molar-refractivity contribution in [1.29, 1.82) is 0 Å². The van der Waals surface area contributed by atoms with Gasteiger partial charge in [-0.05, 0) is 37.8 Å². The molecule has 7 nitrogen and oxygen atoms in total. The molecule has 4 heterocycles. The molecule has 3 aromatic rings. The fraction of sp³-hybridized carbons (Fsp3) is 0.444. The topological polar surface area (TPSA) is 62.5 Å². The van der Waals surface area contributed by atoms with Crippen molar-refractivity contribution in [2.75, 3.05) is 36.0 Å². The second kappa shape index (κ2) is 5.98. The highest BCUT2D eigenvalue weighted by Crippen LogP contribution is 2.28. The van der Waals surface area contributed by atoms with E-state index in [1.54, 1.807) is 12.7 Å². The summed E-state index contributed by atoms with van der Waals surface area (Å²) < 4.78 is 2.06. The number of rotatable bonds is 2. The Labute approximate surface area is 146 Å². The summed E-state index contributed by atoms with van der Waals surface area (Å²) >= 11 is 0. The van der Waals surface area contributed by atoms with Gasteiger partial charge in [-0.15, -0.1) is 10.2 Å². The summed E-state index contributed by atoms with van der Waals surface area (Å²) in [5.74, 6) is 2.32. The summed E-state index contributed by atoms with van der Waals surface area (Å²) in [4.78, 5) is 14.0. The highest BCUT2D eigenvalue weighted by molar-refractivity contribution is 5.54. The molecule has 0 unspecified atom stereocenters. The van der Waals surface area contributed by atoms with Gasteiger partial charge in [0, 0.05) is 37.4 Å². The van der Waals surface area contributed by atoms with Crippen molar-refractivity contribution in [3.63, 3.8) is 0 Å². The molecule has 1 saturated heterocycles. The van der Waals surface area contributed by atoms with Gasteiger partial charge in [-0.2, -0.15) is 0 Å². The molecule has 128 valence electrons. The van der Waals surface area contributed by atoms with Gasteiger partial charge in [-0.1, -0.05) is 6.07 Å². The molecular weight excluding hydrogens is 314 g/mol. The fourth-order valence-corrected chi connectivity index (χ4v) is 4.02. The zero-order chi connectivity index (χ0) is 16.6. The van der Waals surface area contributed by atoms with E-state index in [1.165, 1.54) is 24.1 Å². The molecule has 25 heavy (non-hydrogen) atoms. The zero-order valence-electron chi connectivity index (χ0n) is 14.2. The summed E-state index contributed by atoms with van der Waals surface area (Å²) in [7, 11) is 0. The van der Waals surface area contributed by atoms with Crippen molar-refractivity contribution >= 4 is 17.3 Å². The van der Waals surface area contributed by atoms with Gasteiger partial charge in [0.15, 0.2) is 5.65 Å². The number of anilines is 2. The molecule has 5 rings (SSSR count). The molecule has 1 aliphatic carbocycles.